The molecule has 0 spiro atoms. The molecule has 1 fully saturated rings. The maximum atomic E-state index is 4.85. The smallest absolute Gasteiger partial charge is 0.0519 e. The largest absolute Gasteiger partial charge is 0.302 e. The first-order valence-corrected chi connectivity index (χ1v) is 5.36. The van der Waals surface area contributed by atoms with E-state index in [1.165, 1.54) is 25.9 Å². The summed E-state index contributed by atoms with van der Waals surface area (Å²) >= 11 is 7.24. The molecule has 58 valence electrons. The van der Waals surface area contributed by atoms with Crippen LogP contribution in [0.4, 0.5) is 0 Å². The molecule has 0 bridgehead atoms. The van der Waals surface area contributed by atoms with Crippen molar-refractivity contribution in [1.82, 2.24) is 4.90 Å². The maximum absolute atomic E-state index is 4.85. The first-order chi connectivity index (χ1) is 4.83. The number of alkyl halides is 1. The van der Waals surface area contributed by atoms with Gasteiger partial charge in [0.25, 0.3) is 0 Å². The third-order valence-electron chi connectivity index (χ3n) is 1.78. The van der Waals surface area contributed by atoms with E-state index >= 15 is 0 Å². The van der Waals surface area contributed by atoms with Gasteiger partial charge in [0.05, 0.1) is 3.92 Å². The minimum atomic E-state index is 0.561. The predicted octanol–water partition coefficient (Wildman–Crippen LogP) is 1.89. The van der Waals surface area contributed by atoms with Crippen molar-refractivity contribution in [2.45, 2.75) is 16.8 Å². The minimum Gasteiger partial charge on any atom is -0.302 e. The molecule has 1 saturated heterocycles. The van der Waals surface area contributed by atoms with Crippen molar-refractivity contribution < 1.29 is 0 Å². The van der Waals surface area contributed by atoms with E-state index < -0.39 is 0 Å². The van der Waals surface area contributed by atoms with Crippen LogP contribution in [0.1, 0.15) is 12.8 Å². The highest BCUT2D eigenvalue weighted by Gasteiger charge is 2.13. The van der Waals surface area contributed by atoms with Gasteiger partial charge in [-0.05, 0) is 31.3 Å². The monoisotopic (exact) mass is 269 g/mol. The molecule has 0 aromatic rings. The van der Waals surface area contributed by atoms with Crippen LogP contribution in [0, 0.1) is 0 Å². The molecule has 3 heteroatoms. The van der Waals surface area contributed by atoms with Gasteiger partial charge < -0.3 is 4.90 Å². The number of likely N-dealkylation sites (tertiary alicyclic amines) is 1. The summed E-state index contributed by atoms with van der Waals surface area (Å²) < 4.78 is 0.561. The lowest BCUT2D eigenvalue weighted by Gasteiger charge is -2.15. The van der Waals surface area contributed by atoms with Gasteiger partial charge in [0.1, 0.15) is 0 Å². The van der Waals surface area contributed by atoms with Crippen molar-refractivity contribution >= 4 is 40.2 Å². The number of halogens is 1. The second-order valence-electron chi connectivity index (χ2n) is 2.66. The summed E-state index contributed by atoms with van der Waals surface area (Å²) in [4.78, 5) is 2.49. The van der Waals surface area contributed by atoms with Crippen molar-refractivity contribution in [1.29, 1.82) is 0 Å². The van der Waals surface area contributed by atoms with Crippen LogP contribution in [-0.4, -0.2) is 33.8 Å². The second kappa shape index (κ2) is 4.62. The average Bonchev–Trinajstić information content (AvgIpc) is 2.40. The van der Waals surface area contributed by atoms with Gasteiger partial charge in [-0.25, -0.2) is 0 Å². The van der Waals surface area contributed by atoms with Crippen LogP contribution in [0.2, 0.25) is 0 Å². The van der Waals surface area contributed by atoms with Gasteiger partial charge >= 0.3 is 0 Å². The molecule has 0 aliphatic carbocycles. The lowest BCUT2D eigenvalue weighted by Crippen LogP contribution is -2.26. The Bertz CT molecular complexity index is 112. The Labute approximate surface area is 81.3 Å². The van der Waals surface area contributed by atoms with Crippen molar-refractivity contribution in [2.24, 2.45) is 0 Å². The summed E-state index contributed by atoms with van der Waals surface area (Å²) in [5.41, 5.74) is 0. The third-order valence-corrected chi connectivity index (χ3v) is 3.35. The van der Waals surface area contributed by atoms with Crippen LogP contribution in [0.25, 0.3) is 0 Å². The maximum Gasteiger partial charge on any atom is 0.0519 e. The molecule has 1 rings (SSSR count). The van der Waals surface area contributed by atoms with Crippen LogP contribution in [0.3, 0.4) is 0 Å². The Kier molecular flexibility index (Phi) is 4.10. The highest BCUT2D eigenvalue weighted by molar-refractivity contribution is 14.1. The van der Waals surface area contributed by atoms with Crippen LogP contribution in [0.15, 0.2) is 0 Å². The van der Waals surface area contributed by atoms with E-state index in [4.69, 9.17) is 12.2 Å². The van der Waals surface area contributed by atoms with Crippen molar-refractivity contribution in [3.63, 3.8) is 0 Å². The highest BCUT2D eigenvalue weighted by Crippen LogP contribution is 2.10. The standard InChI is InChI=1S/C7H12INS/c8-7(6-10)5-9-3-1-2-4-9/h6-7H,1-5H2. The lowest BCUT2D eigenvalue weighted by atomic mass is 10.4. The third kappa shape index (κ3) is 2.80. The van der Waals surface area contributed by atoms with Crippen LogP contribution in [-0.2, 0) is 0 Å². The van der Waals surface area contributed by atoms with Crippen molar-refractivity contribution in [2.75, 3.05) is 19.6 Å². The van der Waals surface area contributed by atoms with Gasteiger partial charge in [-0.3, -0.25) is 0 Å². The zero-order chi connectivity index (χ0) is 7.40. The van der Waals surface area contributed by atoms with Gasteiger partial charge in [-0.1, -0.05) is 34.8 Å². The van der Waals surface area contributed by atoms with Gasteiger partial charge in [-0.15, -0.1) is 0 Å². The highest BCUT2D eigenvalue weighted by atomic mass is 127. The van der Waals surface area contributed by atoms with Crippen LogP contribution in [0.5, 0.6) is 0 Å². The molecular weight excluding hydrogens is 257 g/mol. The van der Waals surface area contributed by atoms with E-state index in [9.17, 15) is 0 Å². The van der Waals surface area contributed by atoms with Gasteiger partial charge in [0, 0.05) is 6.54 Å². The van der Waals surface area contributed by atoms with Gasteiger partial charge in [0.2, 0.25) is 0 Å². The fourth-order valence-corrected chi connectivity index (χ4v) is 1.90. The molecule has 1 heterocycles. The first kappa shape index (κ1) is 8.87. The molecule has 0 N–H and O–H groups in total. The molecule has 1 aliphatic heterocycles. The van der Waals surface area contributed by atoms with E-state index in [1.807, 2.05) is 5.37 Å². The van der Waals surface area contributed by atoms with E-state index in [0.29, 0.717) is 3.92 Å². The Morgan fingerprint density at radius 3 is 2.60 bits per heavy atom. The van der Waals surface area contributed by atoms with E-state index in [0.717, 1.165) is 6.54 Å². The van der Waals surface area contributed by atoms with Crippen LogP contribution < -0.4 is 0 Å². The summed E-state index contributed by atoms with van der Waals surface area (Å²) in [7, 11) is 0. The molecular formula is C7H12INS. The van der Waals surface area contributed by atoms with E-state index in [-0.39, 0.29) is 0 Å². The zero-order valence-corrected chi connectivity index (χ0v) is 8.90. The van der Waals surface area contributed by atoms with Crippen molar-refractivity contribution in [3.8, 4) is 0 Å². The fraction of sp³-hybridized carbons (Fsp3) is 0.857. The Morgan fingerprint density at radius 2 is 2.10 bits per heavy atom. The van der Waals surface area contributed by atoms with Gasteiger partial charge in [-0.2, -0.15) is 0 Å². The normalized spacial score (nSPS) is 22.9. The number of nitrogens with zero attached hydrogens (tertiary/aromatic N) is 1. The molecule has 1 atom stereocenters. The molecule has 0 amide bonds. The molecule has 1 unspecified atom stereocenters. The van der Waals surface area contributed by atoms with Crippen LogP contribution >= 0.6 is 34.8 Å². The Balaban J connectivity index is 2.17. The first-order valence-electron chi connectivity index (χ1n) is 3.64. The Morgan fingerprint density at radius 1 is 1.50 bits per heavy atom. The summed E-state index contributed by atoms with van der Waals surface area (Å²) in [6, 6.07) is 0. The lowest BCUT2D eigenvalue weighted by molar-refractivity contribution is 0.357. The molecule has 1 aliphatic rings. The Hall–Kier alpha value is 0.780. The number of rotatable bonds is 3. The van der Waals surface area contributed by atoms with E-state index in [1.54, 1.807) is 0 Å². The molecule has 10 heavy (non-hydrogen) atoms. The average molecular weight is 269 g/mol. The number of hydrogen-bond acceptors (Lipinski definition) is 2. The fourth-order valence-electron chi connectivity index (χ4n) is 1.25. The summed E-state index contributed by atoms with van der Waals surface area (Å²) in [5, 5.41) is 1.86. The zero-order valence-electron chi connectivity index (χ0n) is 5.92. The predicted molar refractivity (Wildman–Crippen MR) is 57.1 cm³/mol. The second-order valence-corrected chi connectivity index (χ2v) is 4.53. The molecule has 1 nitrogen and oxygen atoms in total. The minimum absolute atomic E-state index is 0.561. The molecule has 0 saturated carbocycles. The number of thiocarbonyl (C=S) groups is 1. The summed E-state index contributed by atoms with van der Waals surface area (Å²) in [5.74, 6) is 0. The number of hydrogen-bond donors (Lipinski definition) is 0. The topological polar surface area (TPSA) is 3.24 Å². The van der Waals surface area contributed by atoms with Crippen molar-refractivity contribution in [3.05, 3.63) is 0 Å². The summed E-state index contributed by atoms with van der Waals surface area (Å²) in [6.07, 6.45) is 2.75. The molecule has 0 aromatic heterocycles. The molecule has 0 aromatic carbocycles. The van der Waals surface area contributed by atoms with Gasteiger partial charge in [0.15, 0.2) is 0 Å². The summed E-state index contributed by atoms with van der Waals surface area (Å²) in [6.45, 7) is 3.72. The molecule has 0 radical (unpaired) electrons. The SMILES string of the molecule is S=CC(I)CN1CCCC1. The quantitative estimate of drug-likeness (QED) is 0.437. The van der Waals surface area contributed by atoms with E-state index in [2.05, 4.69) is 27.5 Å².